The number of nitro benzene ring substituents is 1. The zero-order chi connectivity index (χ0) is 14.7. The van der Waals surface area contributed by atoms with Crippen molar-refractivity contribution in [1.29, 1.82) is 0 Å². The highest BCUT2D eigenvalue weighted by Crippen LogP contribution is 2.37. The number of aromatic nitrogens is 2. The Morgan fingerprint density at radius 3 is 2.55 bits per heavy atom. The average Bonchev–Trinajstić information content (AvgIpc) is 2.46. The molecule has 0 aliphatic carbocycles. The van der Waals surface area contributed by atoms with E-state index in [0.717, 1.165) is 12.4 Å². The standard InChI is InChI=1S/C12H10FN3O4/c1-20-11-9(12-14-4-8(13)5-15-12)2-7(6-17)3-10(11)16(18)19/h2-5,17H,6H2,1H3. The first-order valence-corrected chi connectivity index (χ1v) is 5.51. The minimum Gasteiger partial charge on any atom is -0.490 e. The van der Waals surface area contributed by atoms with Crippen molar-refractivity contribution in [2.24, 2.45) is 0 Å². The van der Waals surface area contributed by atoms with Crippen molar-refractivity contribution in [3.63, 3.8) is 0 Å². The Balaban J connectivity index is 2.69. The predicted molar refractivity (Wildman–Crippen MR) is 66.6 cm³/mol. The van der Waals surface area contributed by atoms with Crippen LogP contribution in [0.3, 0.4) is 0 Å². The van der Waals surface area contributed by atoms with Gasteiger partial charge in [0.25, 0.3) is 0 Å². The van der Waals surface area contributed by atoms with Gasteiger partial charge in [-0.3, -0.25) is 10.1 Å². The SMILES string of the molecule is COc1c(-c2ncc(F)cn2)cc(CO)cc1[N+](=O)[O-]. The molecule has 0 saturated heterocycles. The number of ether oxygens (including phenoxy) is 1. The molecule has 1 heterocycles. The normalized spacial score (nSPS) is 10.3. The zero-order valence-corrected chi connectivity index (χ0v) is 10.4. The van der Waals surface area contributed by atoms with Crippen LogP contribution in [0.1, 0.15) is 5.56 Å². The fourth-order valence-corrected chi connectivity index (χ4v) is 1.73. The summed E-state index contributed by atoms with van der Waals surface area (Å²) in [5.41, 5.74) is 0.202. The van der Waals surface area contributed by atoms with E-state index in [9.17, 15) is 14.5 Å². The van der Waals surface area contributed by atoms with E-state index in [1.807, 2.05) is 0 Å². The summed E-state index contributed by atoms with van der Waals surface area (Å²) in [5.74, 6) is -0.596. The molecule has 0 aliphatic heterocycles. The van der Waals surface area contributed by atoms with Crippen molar-refractivity contribution in [3.05, 3.63) is 46.0 Å². The number of benzene rings is 1. The van der Waals surface area contributed by atoms with E-state index in [2.05, 4.69) is 9.97 Å². The van der Waals surface area contributed by atoms with Crippen molar-refractivity contribution < 1.29 is 19.2 Å². The molecule has 104 valence electrons. The van der Waals surface area contributed by atoms with Crippen LogP contribution in [0, 0.1) is 15.9 Å². The van der Waals surface area contributed by atoms with Gasteiger partial charge in [-0.1, -0.05) is 0 Å². The van der Waals surface area contributed by atoms with Gasteiger partial charge < -0.3 is 9.84 Å². The molecule has 0 spiro atoms. The molecular formula is C12H10FN3O4. The van der Waals surface area contributed by atoms with Gasteiger partial charge in [-0.05, 0) is 11.6 Å². The van der Waals surface area contributed by atoms with E-state index in [0.29, 0.717) is 5.56 Å². The third kappa shape index (κ3) is 2.54. The first-order valence-electron chi connectivity index (χ1n) is 5.51. The fourth-order valence-electron chi connectivity index (χ4n) is 1.73. The predicted octanol–water partition coefficient (Wildman–Crippen LogP) is 1.69. The third-order valence-corrected chi connectivity index (χ3v) is 2.57. The number of methoxy groups -OCH3 is 1. The molecule has 1 aromatic heterocycles. The summed E-state index contributed by atoms with van der Waals surface area (Å²) in [7, 11) is 1.27. The minimum atomic E-state index is -0.634. The maximum absolute atomic E-state index is 12.8. The Kier molecular flexibility index (Phi) is 3.85. The molecule has 0 saturated carbocycles. The number of hydrogen-bond donors (Lipinski definition) is 1. The van der Waals surface area contributed by atoms with Crippen LogP contribution in [-0.4, -0.2) is 27.1 Å². The van der Waals surface area contributed by atoms with E-state index in [1.54, 1.807) is 0 Å². The Morgan fingerprint density at radius 2 is 2.05 bits per heavy atom. The van der Waals surface area contributed by atoms with Crippen molar-refractivity contribution >= 4 is 5.69 Å². The van der Waals surface area contributed by atoms with Gasteiger partial charge >= 0.3 is 5.69 Å². The number of nitro groups is 1. The van der Waals surface area contributed by atoms with Crippen molar-refractivity contribution in [3.8, 4) is 17.1 Å². The Labute approximate surface area is 112 Å². The van der Waals surface area contributed by atoms with Crippen LogP contribution >= 0.6 is 0 Å². The van der Waals surface area contributed by atoms with Crippen molar-refractivity contribution in [2.75, 3.05) is 7.11 Å². The van der Waals surface area contributed by atoms with Crippen molar-refractivity contribution in [2.45, 2.75) is 6.61 Å². The molecule has 2 rings (SSSR count). The minimum absolute atomic E-state index is 0.0428. The van der Waals surface area contributed by atoms with Crippen LogP contribution in [0.15, 0.2) is 24.5 Å². The smallest absolute Gasteiger partial charge is 0.312 e. The van der Waals surface area contributed by atoms with Gasteiger partial charge in [0.1, 0.15) is 0 Å². The average molecular weight is 279 g/mol. The lowest BCUT2D eigenvalue weighted by atomic mass is 10.1. The molecule has 1 N–H and O–H groups in total. The zero-order valence-electron chi connectivity index (χ0n) is 10.4. The summed E-state index contributed by atoms with van der Waals surface area (Å²) in [6, 6.07) is 2.66. The molecule has 0 amide bonds. The third-order valence-electron chi connectivity index (χ3n) is 2.57. The van der Waals surface area contributed by atoms with Gasteiger partial charge in [0.05, 0.1) is 36.6 Å². The lowest BCUT2D eigenvalue weighted by Crippen LogP contribution is -2.00. The molecule has 0 radical (unpaired) electrons. The molecular weight excluding hydrogens is 269 g/mol. The van der Waals surface area contributed by atoms with Gasteiger partial charge in [-0.25, -0.2) is 14.4 Å². The molecule has 0 atom stereocenters. The summed E-state index contributed by atoms with van der Waals surface area (Å²) in [6.07, 6.45) is 1.89. The highest BCUT2D eigenvalue weighted by Gasteiger charge is 2.22. The Hall–Kier alpha value is -2.61. The largest absolute Gasteiger partial charge is 0.490 e. The van der Waals surface area contributed by atoms with E-state index in [1.165, 1.54) is 19.2 Å². The summed E-state index contributed by atoms with van der Waals surface area (Å²) >= 11 is 0. The molecule has 8 heteroatoms. The summed E-state index contributed by atoms with van der Waals surface area (Å²) in [6.45, 7) is -0.390. The van der Waals surface area contributed by atoms with Crippen LogP contribution in [0.25, 0.3) is 11.4 Å². The van der Waals surface area contributed by atoms with Gasteiger partial charge in [-0.15, -0.1) is 0 Å². The molecule has 7 nitrogen and oxygen atoms in total. The second-order valence-electron chi connectivity index (χ2n) is 3.84. The summed E-state index contributed by atoms with van der Waals surface area (Å²) in [5, 5.41) is 20.2. The Morgan fingerprint density at radius 1 is 1.40 bits per heavy atom. The fraction of sp³-hybridized carbons (Fsp3) is 0.167. The number of rotatable bonds is 4. The number of halogens is 1. The van der Waals surface area contributed by atoms with Crippen LogP contribution in [-0.2, 0) is 6.61 Å². The van der Waals surface area contributed by atoms with E-state index < -0.39 is 10.7 Å². The van der Waals surface area contributed by atoms with Gasteiger partial charge in [0.2, 0.25) is 5.75 Å². The highest BCUT2D eigenvalue weighted by atomic mass is 19.1. The van der Waals surface area contributed by atoms with Gasteiger partial charge in [-0.2, -0.15) is 0 Å². The van der Waals surface area contributed by atoms with E-state index in [4.69, 9.17) is 9.84 Å². The molecule has 0 fully saturated rings. The maximum atomic E-state index is 12.8. The molecule has 2 aromatic rings. The molecule has 0 bridgehead atoms. The molecule has 0 aliphatic rings. The first-order chi connectivity index (χ1) is 9.56. The van der Waals surface area contributed by atoms with Crippen molar-refractivity contribution in [1.82, 2.24) is 9.97 Å². The molecule has 0 unspecified atom stereocenters. The first kappa shape index (κ1) is 13.8. The second kappa shape index (κ2) is 5.57. The van der Waals surface area contributed by atoms with E-state index in [-0.39, 0.29) is 29.4 Å². The quantitative estimate of drug-likeness (QED) is 0.675. The molecule has 1 aromatic carbocycles. The topological polar surface area (TPSA) is 98.4 Å². The second-order valence-corrected chi connectivity index (χ2v) is 3.84. The van der Waals surface area contributed by atoms with Crippen LogP contribution in [0.5, 0.6) is 5.75 Å². The number of aliphatic hydroxyl groups excluding tert-OH is 1. The lowest BCUT2D eigenvalue weighted by Gasteiger charge is -2.09. The number of aliphatic hydroxyl groups is 1. The van der Waals surface area contributed by atoms with Gasteiger partial charge in [0.15, 0.2) is 11.6 Å². The van der Waals surface area contributed by atoms with Crippen LogP contribution in [0.4, 0.5) is 10.1 Å². The summed E-state index contributed by atoms with van der Waals surface area (Å²) < 4.78 is 17.9. The summed E-state index contributed by atoms with van der Waals surface area (Å²) in [4.78, 5) is 17.9. The van der Waals surface area contributed by atoms with Gasteiger partial charge in [0, 0.05) is 6.07 Å². The van der Waals surface area contributed by atoms with Crippen LogP contribution < -0.4 is 4.74 Å². The lowest BCUT2D eigenvalue weighted by molar-refractivity contribution is -0.385. The molecule has 20 heavy (non-hydrogen) atoms. The maximum Gasteiger partial charge on any atom is 0.312 e. The number of hydrogen-bond acceptors (Lipinski definition) is 6. The van der Waals surface area contributed by atoms with Crippen LogP contribution in [0.2, 0.25) is 0 Å². The Bertz CT molecular complexity index is 646. The highest BCUT2D eigenvalue weighted by molar-refractivity contribution is 5.72. The monoisotopic (exact) mass is 279 g/mol. The number of nitrogens with zero attached hydrogens (tertiary/aromatic N) is 3. The van der Waals surface area contributed by atoms with E-state index >= 15 is 0 Å².